The summed E-state index contributed by atoms with van der Waals surface area (Å²) in [5, 5.41) is 7.66. The molecule has 0 fully saturated rings. The van der Waals surface area contributed by atoms with Crippen molar-refractivity contribution in [3.63, 3.8) is 0 Å². The third-order valence-electron chi connectivity index (χ3n) is 2.80. The van der Waals surface area contributed by atoms with E-state index < -0.39 is 0 Å². The van der Waals surface area contributed by atoms with Crippen LogP contribution in [-0.4, -0.2) is 16.8 Å². The SMILES string of the molecule is CCCOc1ccccc1C(NN)c1ccnnc1. The van der Waals surface area contributed by atoms with Crippen LogP contribution in [0.15, 0.2) is 42.7 Å². The van der Waals surface area contributed by atoms with E-state index >= 15 is 0 Å². The molecule has 0 saturated heterocycles. The van der Waals surface area contributed by atoms with E-state index in [-0.39, 0.29) is 6.04 Å². The molecular formula is C14H18N4O. The first-order chi connectivity index (χ1) is 9.36. The number of nitrogens with two attached hydrogens (primary N) is 1. The summed E-state index contributed by atoms with van der Waals surface area (Å²) in [5.74, 6) is 6.52. The van der Waals surface area contributed by atoms with Gasteiger partial charge in [0.15, 0.2) is 0 Å². The van der Waals surface area contributed by atoms with E-state index in [0.29, 0.717) is 6.61 Å². The molecule has 2 aromatic rings. The Morgan fingerprint density at radius 2 is 2.11 bits per heavy atom. The maximum absolute atomic E-state index is 5.76. The predicted octanol–water partition coefficient (Wildman–Crippen LogP) is 1.82. The van der Waals surface area contributed by atoms with Crippen molar-refractivity contribution in [2.75, 3.05) is 6.61 Å². The summed E-state index contributed by atoms with van der Waals surface area (Å²) in [6, 6.07) is 9.58. The number of hydrazine groups is 1. The summed E-state index contributed by atoms with van der Waals surface area (Å²) in [7, 11) is 0. The lowest BCUT2D eigenvalue weighted by molar-refractivity contribution is 0.311. The minimum absolute atomic E-state index is 0.163. The molecule has 0 spiro atoms. The standard InChI is InChI=1S/C14H18N4O/c1-2-9-19-13-6-4-3-5-12(13)14(18-15)11-7-8-16-17-10-11/h3-8,10,14,18H,2,9,15H2,1H3. The van der Waals surface area contributed by atoms with E-state index in [4.69, 9.17) is 10.6 Å². The van der Waals surface area contributed by atoms with Crippen LogP contribution in [0.1, 0.15) is 30.5 Å². The molecule has 1 aromatic heterocycles. The van der Waals surface area contributed by atoms with Crippen LogP contribution in [0.2, 0.25) is 0 Å². The third kappa shape index (κ3) is 3.27. The highest BCUT2D eigenvalue weighted by molar-refractivity contribution is 5.40. The Bertz CT molecular complexity index is 504. The normalized spacial score (nSPS) is 12.1. The molecular weight excluding hydrogens is 240 g/mol. The topological polar surface area (TPSA) is 73.1 Å². The highest BCUT2D eigenvalue weighted by atomic mass is 16.5. The molecule has 1 heterocycles. The van der Waals surface area contributed by atoms with Crippen LogP contribution in [0.5, 0.6) is 5.75 Å². The summed E-state index contributed by atoms with van der Waals surface area (Å²) in [6.45, 7) is 2.76. The largest absolute Gasteiger partial charge is 0.493 e. The average Bonchev–Trinajstić information content (AvgIpc) is 2.48. The summed E-state index contributed by atoms with van der Waals surface area (Å²) in [4.78, 5) is 0. The van der Waals surface area contributed by atoms with Crippen molar-refractivity contribution >= 4 is 0 Å². The van der Waals surface area contributed by atoms with E-state index in [0.717, 1.165) is 23.3 Å². The highest BCUT2D eigenvalue weighted by Crippen LogP contribution is 2.29. The van der Waals surface area contributed by atoms with Gasteiger partial charge in [-0.3, -0.25) is 5.84 Å². The van der Waals surface area contributed by atoms with Crippen LogP contribution < -0.4 is 16.0 Å². The van der Waals surface area contributed by atoms with Crippen molar-refractivity contribution < 1.29 is 4.74 Å². The first-order valence-corrected chi connectivity index (χ1v) is 6.31. The summed E-state index contributed by atoms with van der Waals surface area (Å²) < 4.78 is 5.76. The zero-order valence-electron chi connectivity index (χ0n) is 10.9. The lowest BCUT2D eigenvalue weighted by Crippen LogP contribution is -2.29. The van der Waals surface area contributed by atoms with Crippen LogP contribution >= 0.6 is 0 Å². The molecule has 100 valence electrons. The summed E-state index contributed by atoms with van der Waals surface area (Å²) in [5.41, 5.74) is 4.74. The molecule has 0 amide bonds. The zero-order chi connectivity index (χ0) is 13.5. The summed E-state index contributed by atoms with van der Waals surface area (Å²) >= 11 is 0. The lowest BCUT2D eigenvalue weighted by Gasteiger charge is -2.19. The molecule has 2 rings (SSSR count). The number of nitrogens with one attached hydrogen (secondary N) is 1. The van der Waals surface area contributed by atoms with E-state index in [1.807, 2.05) is 30.3 Å². The molecule has 0 aliphatic rings. The van der Waals surface area contributed by atoms with E-state index in [1.165, 1.54) is 0 Å². The molecule has 5 nitrogen and oxygen atoms in total. The molecule has 3 N–H and O–H groups in total. The van der Waals surface area contributed by atoms with Gasteiger partial charge in [0.2, 0.25) is 0 Å². The molecule has 1 unspecified atom stereocenters. The molecule has 0 radical (unpaired) electrons. The summed E-state index contributed by atoms with van der Waals surface area (Å²) in [6.07, 6.45) is 4.31. The fraction of sp³-hybridized carbons (Fsp3) is 0.286. The average molecular weight is 258 g/mol. The number of rotatable bonds is 6. The van der Waals surface area contributed by atoms with Crippen molar-refractivity contribution in [2.24, 2.45) is 5.84 Å². The van der Waals surface area contributed by atoms with E-state index in [9.17, 15) is 0 Å². The van der Waals surface area contributed by atoms with Crippen LogP contribution in [-0.2, 0) is 0 Å². The van der Waals surface area contributed by atoms with Gasteiger partial charge in [0, 0.05) is 11.8 Å². The van der Waals surface area contributed by atoms with E-state index in [1.54, 1.807) is 12.4 Å². The number of aromatic nitrogens is 2. The van der Waals surface area contributed by atoms with Crippen LogP contribution in [0, 0.1) is 0 Å². The van der Waals surface area contributed by atoms with Crippen LogP contribution in [0.3, 0.4) is 0 Å². The van der Waals surface area contributed by atoms with Gasteiger partial charge in [-0.2, -0.15) is 10.2 Å². The Balaban J connectivity index is 2.33. The highest BCUT2D eigenvalue weighted by Gasteiger charge is 2.16. The van der Waals surface area contributed by atoms with Gasteiger partial charge >= 0.3 is 0 Å². The maximum Gasteiger partial charge on any atom is 0.124 e. The smallest absolute Gasteiger partial charge is 0.124 e. The number of hydrogen-bond acceptors (Lipinski definition) is 5. The third-order valence-corrected chi connectivity index (χ3v) is 2.80. The quantitative estimate of drug-likeness (QED) is 0.610. The van der Waals surface area contributed by atoms with Crippen LogP contribution in [0.4, 0.5) is 0 Å². The first-order valence-electron chi connectivity index (χ1n) is 6.31. The van der Waals surface area contributed by atoms with Crippen LogP contribution in [0.25, 0.3) is 0 Å². The maximum atomic E-state index is 5.76. The fourth-order valence-corrected chi connectivity index (χ4v) is 1.90. The van der Waals surface area contributed by atoms with Gasteiger partial charge in [0.1, 0.15) is 5.75 Å². The van der Waals surface area contributed by atoms with Crippen molar-refractivity contribution in [2.45, 2.75) is 19.4 Å². The predicted molar refractivity (Wildman–Crippen MR) is 73.4 cm³/mol. The molecule has 5 heteroatoms. The number of hydrogen-bond donors (Lipinski definition) is 2. The Morgan fingerprint density at radius 1 is 1.26 bits per heavy atom. The second-order valence-corrected chi connectivity index (χ2v) is 4.16. The zero-order valence-corrected chi connectivity index (χ0v) is 10.9. The van der Waals surface area contributed by atoms with Gasteiger partial charge in [-0.25, -0.2) is 5.43 Å². The van der Waals surface area contributed by atoms with Gasteiger partial charge in [-0.05, 0) is 24.1 Å². The van der Waals surface area contributed by atoms with Crippen molar-refractivity contribution in [1.29, 1.82) is 0 Å². The Labute approximate surface area is 112 Å². The Hall–Kier alpha value is -1.98. The first kappa shape index (κ1) is 13.5. The van der Waals surface area contributed by atoms with Gasteiger partial charge in [0.25, 0.3) is 0 Å². The van der Waals surface area contributed by atoms with Gasteiger partial charge < -0.3 is 4.74 Å². The molecule has 19 heavy (non-hydrogen) atoms. The molecule has 1 aromatic carbocycles. The molecule has 0 saturated carbocycles. The van der Waals surface area contributed by atoms with Gasteiger partial charge in [0.05, 0.1) is 18.8 Å². The number of para-hydroxylation sites is 1. The lowest BCUT2D eigenvalue weighted by atomic mass is 10.0. The van der Waals surface area contributed by atoms with Crippen molar-refractivity contribution in [3.05, 3.63) is 53.9 Å². The molecule has 0 aliphatic heterocycles. The van der Waals surface area contributed by atoms with Gasteiger partial charge in [-0.1, -0.05) is 25.1 Å². The number of ether oxygens (including phenoxy) is 1. The number of benzene rings is 1. The molecule has 0 bridgehead atoms. The number of nitrogens with zero attached hydrogens (tertiary/aromatic N) is 2. The molecule has 0 aliphatic carbocycles. The minimum Gasteiger partial charge on any atom is -0.493 e. The van der Waals surface area contributed by atoms with Crippen molar-refractivity contribution in [1.82, 2.24) is 15.6 Å². The second-order valence-electron chi connectivity index (χ2n) is 4.16. The van der Waals surface area contributed by atoms with E-state index in [2.05, 4.69) is 22.5 Å². The monoisotopic (exact) mass is 258 g/mol. The van der Waals surface area contributed by atoms with Gasteiger partial charge in [-0.15, -0.1) is 0 Å². The fourth-order valence-electron chi connectivity index (χ4n) is 1.90. The molecule has 1 atom stereocenters. The minimum atomic E-state index is -0.163. The Kier molecular flexibility index (Phi) is 4.83. The Morgan fingerprint density at radius 3 is 2.79 bits per heavy atom. The second kappa shape index (κ2) is 6.82. The van der Waals surface area contributed by atoms with Crippen molar-refractivity contribution in [3.8, 4) is 5.75 Å².